The number of rotatable bonds is 6. The Bertz CT molecular complexity index is 1550. The van der Waals surface area contributed by atoms with Crippen molar-refractivity contribution < 1.29 is 14.0 Å². The van der Waals surface area contributed by atoms with Crippen LogP contribution < -0.4 is 10.2 Å². The largest absolute Gasteiger partial charge is 0.350 e. The zero-order valence-electron chi connectivity index (χ0n) is 22.4. The number of thioether (sulfide) groups is 1. The normalized spacial score (nSPS) is 15.5. The molecule has 0 saturated carbocycles. The molecule has 0 radical (unpaired) electrons. The maximum Gasteiger partial charge on any atom is 0.240 e. The topological polar surface area (TPSA) is 80.1 Å². The molecule has 0 spiro atoms. The molecule has 0 aliphatic carbocycles. The molecule has 2 aromatic carbocycles. The lowest BCUT2D eigenvalue weighted by Gasteiger charge is -2.24. The molecule has 206 valence electrons. The first kappa shape index (κ1) is 27.9. The summed E-state index contributed by atoms with van der Waals surface area (Å²) in [5, 5.41) is 8.05. The van der Waals surface area contributed by atoms with Crippen LogP contribution in [0, 0.1) is 5.82 Å². The lowest BCUT2D eigenvalue weighted by Crippen LogP contribution is -2.42. The standard InChI is InChI=1S/C30H29ClFN5O2S/c1-30(2,3)28-26-27(20-6-4-8-22(32)14-20)40-18-25(39)36(17-24(38)34-16-19-10-12-33-13-11-19)29(26)37(35-28)23-9-5-7-21(31)15-23/h4-15,27H,16-18H2,1-3H3,(H,34,38)/t27-/m0/s1. The van der Waals surface area contributed by atoms with Gasteiger partial charge in [0.1, 0.15) is 18.2 Å². The van der Waals surface area contributed by atoms with E-state index in [1.165, 1.54) is 28.8 Å². The summed E-state index contributed by atoms with van der Waals surface area (Å²) in [6.45, 7) is 6.23. The Morgan fingerprint density at radius 1 is 1.12 bits per heavy atom. The Kier molecular flexibility index (Phi) is 7.96. The number of fused-ring (bicyclic) bond motifs is 1. The highest BCUT2D eigenvalue weighted by atomic mass is 35.5. The van der Waals surface area contributed by atoms with Gasteiger partial charge in [0.05, 0.1) is 22.4 Å². The van der Waals surface area contributed by atoms with Gasteiger partial charge in [-0.05, 0) is 53.6 Å². The molecule has 1 aliphatic rings. The molecule has 10 heteroatoms. The Morgan fingerprint density at radius 2 is 1.88 bits per heavy atom. The van der Waals surface area contributed by atoms with Gasteiger partial charge in [0.15, 0.2) is 0 Å². The second-order valence-corrected chi connectivity index (χ2v) is 12.1. The lowest BCUT2D eigenvalue weighted by molar-refractivity contribution is -0.123. The van der Waals surface area contributed by atoms with Crippen molar-refractivity contribution in [1.82, 2.24) is 20.1 Å². The van der Waals surface area contributed by atoms with E-state index in [2.05, 4.69) is 10.3 Å². The second kappa shape index (κ2) is 11.4. The summed E-state index contributed by atoms with van der Waals surface area (Å²) in [6, 6.07) is 17.2. The summed E-state index contributed by atoms with van der Waals surface area (Å²) in [5.74, 6) is -0.334. The van der Waals surface area contributed by atoms with Gasteiger partial charge in [-0.2, -0.15) is 5.10 Å². The number of carbonyl (C=O) groups is 2. The SMILES string of the molecule is CC(C)(C)c1nn(-c2cccc(Cl)c2)c2c1[C@H](c1cccc(F)c1)SCC(=O)N2CC(=O)NCc1ccncc1. The van der Waals surface area contributed by atoms with E-state index in [0.29, 0.717) is 23.1 Å². The van der Waals surface area contributed by atoms with E-state index in [9.17, 15) is 14.0 Å². The molecule has 7 nitrogen and oxygen atoms in total. The van der Waals surface area contributed by atoms with E-state index in [1.54, 1.807) is 35.3 Å². The van der Waals surface area contributed by atoms with Crippen LogP contribution in [0.15, 0.2) is 73.1 Å². The molecule has 0 unspecified atom stereocenters. The Labute approximate surface area is 241 Å². The lowest BCUT2D eigenvalue weighted by atomic mass is 9.87. The maximum atomic E-state index is 14.4. The van der Waals surface area contributed by atoms with Gasteiger partial charge in [-0.25, -0.2) is 9.07 Å². The quantitative estimate of drug-likeness (QED) is 0.311. The number of amides is 2. The van der Waals surface area contributed by atoms with Gasteiger partial charge in [-0.15, -0.1) is 11.8 Å². The number of aromatic nitrogens is 3. The zero-order valence-corrected chi connectivity index (χ0v) is 24.0. The molecular formula is C30H29ClFN5O2S. The Balaban J connectivity index is 1.66. The van der Waals surface area contributed by atoms with Crippen LogP contribution in [0.3, 0.4) is 0 Å². The molecule has 1 N–H and O–H groups in total. The van der Waals surface area contributed by atoms with E-state index >= 15 is 0 Å². The van der Waals surface area contributed by atoms with Crippen LogP contribution in [-0.2, 0) is 21.5 Å². The molecule has 5 rings (SSSR count). The van der Waals surface area contributed by atoms with Gasteiger partial charge in [-0.3, -0.25) is 19.5 Å². The number of hydrogen-bond acceptors (Lipinski definition) is 5. The number of nitrogens with one attached hydrogen (secondary N) is 1. The highest BCUT2D eigenvalue weighted by Gasteiger charge is 2.40. The minimum Gasteiger partial charge on any atom is -0.350 e. The molecule has 1 atom stereocenters. The van der Waals surface area contributed by atoms with E-state index < -0.39 is 5.41 Å². The number of halogens is 2. The van der Waals surface area contributed by atoms with E-state index in [0.717, 1.165) is 22.4 Å². The summed E-state index contributed by atoms with van der Waals surface area (Å²) in [6.07, 6.45) is 3.32. The van der Waals surface area contributed by atoms with Crippen molar-refractivity contribution in [2.45, 2.75) is 38.0 Å². The van der Waals surface area contributed by atoms with E-state index in [-0.39, 0.29) is 35.2 Å². The highest BCUT2D eigenvalue weighted by molar-refractivity contribution is 8.00. The second-order valence-electron chi connectivity index (χ2n) is 10.6. The molecule has 1 aliphatic heterocycles. The average Bonchev–Trinajstić information content (AvgIpc) is 3.26. The Morgan fingerprint density at radius 3 is 2.58 bits per heavy atom. The van der Waals surface area contributed by atoms with Gasteiger partial charge >= 0.3 is 0 Å². The average molecular weight is 578 g/mol. The summed E-state index contributed by atoms with van der Waals surface area (Å²) >= 11 is 7.77. The molecule has 4 aromatic rings. The summed E-state index contributed by atoms with van der Waals surface area (Å²) < 4.78 is 16.1. The fourth-order valence-electron chi connectivity index (χ4n) is 4.69. The predicted molar refractivity (Wildman–Crippen MR) is 156 cm³/mol. The van der Waals surface area contributed by atoms with Crippen molar-refractivity contribution in [3.8, 4) is 5.69 Å². The highest BCUT2D eigenvalue weighted by Crippen LogP contribution is 2.48. The fraction of sp³-hybridized carbons (Fsp3) is 0.267. The monoisotopic (exact) mass is 577 g/mol. The van der Waals surface area contributed by atoms with Crippen molar-refractivity contribution in [2.75, 3.05) is 17.2 Å². The van der Waals surface area contributed by atoms with Crippen molar-refractivity contribution in [1.29, 1.82) is 0 Å². The van der Waals surface area contributed by atoms with E-state index in [4.69, 9.17) is 16.7 Å². The van der Waals surface area contributed by atoms with Crippen LogP contribution in [-0.4, -0.2) is 38.9 Å². The number of anilines is 1. The van der Waals surface area contributed by atoms with Crippen LogP contribution in [0.25, 0.3) is 5.69 Å². The van der Waals surface area contributed by atoms with Gasteiger partial charge in [0.25, 0.3) is 0 Å². The van der Waals surface area contributed by atoms with Gasteiger partial charge in [0, 0.05) is 34.9 Å². The molecule has 0 bridgehead atoms. The molecule has 40 heavy (non-hydrogen) atoms. The minimum atomic E-state index is -0.428. The number of pyridine rings is 1. The fourth-order valence-corrected chi connectivity index (χ4v) is 6.07. The van der Waals surface area contributed by atoms with Gasteiger partial charge in [-0.1, -0.05) is 50.6 Å². The van der Waals surface area contributed by atoms with Crippen molar-refractivity contribution in [2.24, 2.45) is 0 Å². The summed E-state index contributed by atoms with van der Waals surface area (Å²) in [4.78, 5) is 32.4. The minimum absolute atomic E-state index is 0.104. The molecule has 2 aromatic heterocycles. The summed E-state index contributed by atoms with van der Waals surface area (Å²) in [5.41, 5.74) is 3.37. The number of hydrogen-bond donors (Lipinski definition) is 1. The number of nitrogens with zero attached hydrogens (tertiary/aromatic N) is 4. The predicted octanol–water partition coefficient (Wildman–Crippen LogP) is 5.84. The van der Waals surface area contributed by atoms with Crippen molar-refractivity contribution in [3.05, 3.63) is 106 Å². The van der Waals surface area contributed by atoms with Crippen LogP contribution in [0.5, 0.6) is 0 Å². The zero-order chi connectivity index (χ0) is 28.4. The van der Waals surface area contributed by atoms with Crippen LogP contribution >= 0.6 is 23.4 Å². The number of benzene rings is 2. The van der Waals surface area contributed by atoms with Crippen LogP contribution in [0.1, 0.15) is 48.4 Å². The van der Waals surface area contributed by atoms with E-state index in [1.807, 2.05) is 51.1 Å². The molecule has 0 saturated heterocycles. The Hall–Kier alpha value is -3.69. The van der Waals surface area contributed by atoms with Crippen LogP contribution in [0.4, 0.5) is 10.2 Å². The molecular weight excluding hydrogens is 549 g/mol. The smallest absolute Gasteiger partial charge is 0.240 e. The first-order chi connectivity index (χ1) is 19.1. The number of carbonyl (C=O) groups excluding carboxylic acids is 2. The summed E-state index contributed by atoms with van der Waals surface area (Å²) in [7, 11) is 0. The van der Waals surface area contributed by atoms with Crippen molar-refractivity contribution in [3.63, 3.8) is 0 Å². The molecule has 2 amide bonds. The third-order valence-corrected chi connectivity index (χ3v) is 8.03. The third-order valence-electron chi connectivity index (χ3n) is 6.54. The maximum absolute atomic E-state index is 14.4. The van der Waals surface area contributed by atoms with Crippen molar-refractivity contribution >= 4 is 41.0 Å². The van der Waals surface area contributed by atoms with Gasteiger partial charge < -0.3 is 5.32 Å². The third kappa shape index (κ3) is 5.90. The first-order valence-electron chi connectivity index (χ1n) is 12.8. The van der Waals surface area contributed by atoms with Crippen LogP contribution in [0.2, 0.25) is 5.02 Å². The molecule has 3 heterocycles. The molecule has 0 fully saturated rings. The first-order valence-corrected chi connectivity index (χ1v) is 14.3. The van der Waals surface area contributed by atoms with Gasteiger partial charge in [0.2, 0.25) is 11.8 Å².